The van der Waals surface area contributed by atoms with Crippen LogP contribution < -0.4 is 0 Å². The molecule has 0 atom stereocenters. The second kappa shape index (κ2) is 2.44. The molecule has 0 aromatic rings. The third kappa shape index (κ3) is 0.875. The molecule has 0 fully saturated rings. The van der Waals surface area contributed by atoms with Gasteiger partial charge in [0.1, 0.15) is 6.34 Å². The maximum absolute atomic E-state index is 13.0. The zero-order chi connectivity index (χ0) is 9.54. The minimum atomic E-state index is -0.559. The smallest absolute Gasteiger partial charge is 0.241 e. The van der Waals surface area contributed by atoms with Crippen molar-refractivity contribution in [1.82, 2.24) is 4.90 Å². The highest BCUT2D eigenvalue weighted by Gasteiger charge is 2.27. The molecule has 0 bridgehead atoms. The molecule has 0 aromatic carbocycles. The third-order valence-electron chi connectivity index (χ3n) is 1.91. The first-order valence-electron chi connectivity index (χ1n) is 3.95. The molecule has 3 heterocycles. The van der Waals surface area contributed by atoms with Crippen LogP contribution in [0.4, 0.5) is 4.39 Å². The normalized spacial score (nSPS) is 22.2. The van der Waals surface area contributed by atoms with Crippen molar-refractivity contribution in [2.24, 2.45) is 20.0 Å². The zero-order valence-electron chi connectivity index (χ0n) is 6.92. The van der Waals surface area contributed by atoms with Crippen molar-refractivity contribution in [1.29, 1.82) is 0 Å². The first kappa shape index (κ1) is 7.31. The van der Waals surface area contributed by atoms with E-state index in [0.717, 1.165) is 0 Å². The Bertz CT molecular complexity index is 478. The summed E-state index contributed by atoms with van der Waals surface area (Å²) in [5.74, 6) is 0.161. The Morgan fingerprint density at radius 1 is 1.21 bits per heavy atom. The molecule has 68 valence electrons. The fourth-order valence-electron chi connectivity index (χ4n) is 1.36. The minimum Gasteiger partial charge on any atom is -0.246 e. The number of nitrogens with zero attached hydrogens (tertiary/aromatic N) is 5. The fourth-order valence-corrected chi connectivity index (χ4v) is 1.36. The van der Waals surface area contributed by atoms with Gasteiger partial charge in [-0.15, -0.1) is 0 Å². The van der Waals surface area contributed by atoms with Crippen molar-refractivity contribution in [3.05, 3.63) is 24.0 Å². The van der Waals surface area contributed by atoms with Gasteiger partial charge in [0.2, 0.25) is 17.9 Å². The predicted octanol–water partition coefficient (Wildman–Crippen LogP) is 0.835. The van der Waals surface area contributed by atoms with Crippen LogP contribution >= 0.6 is 0 Å². The van der Waals surface area contributed by atoms with Crippen molar-refractivity contribution in [2.45, 2.75) is 0 Å². The summed E-state index contributed by atoms with van der Waals surface area (Å²) >= 11 is 0. The standard InChI is InChI=1S/C8H4FN5/c9-6-3-5-1-2-10-7-11-4-12-8(13-6)14(5)7/h1-4H. The zero-order valence-corrected chi connectivity index (χ0v) is 6.92. The molecule has 0 amide bonds. The maximum atomic E-state index is 13.0. The third-order valence-corrected chi connectivity index (χ3v) is 1.91. The lowest BCUT2D eigenvalue weighted by Gasteiger charge is -2.28. The highest BCUT2D eigenvalue weighted by Crippen LogP contribution is 2.20. The molecule has 0 saturated carbocycles. The number of guanidine groups is 2. The summed E-state index contributed by atoms with van der Waals surface area (Å²) in [4.78, 5) is 17.0. The Hall–Kier alpha value is -2.11. The second-order valence-electron chi connectivity index (χ2n) is 2.76. The van der Waals surface area contributed by atoms with Crippen LogP contribution in [-0.4, -0.2) is 29.1 Å². The first-order chi connectivity index (χ1) is 6.84. The summed E-state index contributed by atoms with van der Waals surface area (Å²) in [6.07, 6.45) is 5.86. The molecule has 3 aliphatic rings. The van der Waals surface area contributed by atoms with Crippen molar-refractivity contribution >= 4 is 24.2 Å². The van der Waals surface area contributed by atoms with E-state index in [9.17, 15) is 4.39 Å². The number of allylic oxidation sites excluding steroid dienone is 2. The van der Waals surface area contributed by atoms with Gasteiger partial charge in [-0.3, -0.25) is 0 Å². The largest absolute Gasteiger partial charge is 0.246 e. The van der Waals surface area contributed by atoms with Crippen LogP contribution in [-0.2, 0) is 0 Å². The Labute approximate surface area is 78.4 Å². The van der Waals surface area contributed by atoms with E-state index in [1.54, 1.807) is 17.2 Å². The van der Waals surface area contributed by atoms with Crippen LogP contribution in [0, 0.1) is 0 Å². The molecule has 0 aromatic heterocycles. The summed E-state index contributed by atoms with van der Waals surface area (Å²) in [5.41, 5.74) is 0.637. The SMILES string of the molecule is FC1=NC2=NC=NC3=NC=CC(=C1)N32. The van der Waals surface area contributed by atoms with Crippen molar-refractivity contribution in [3.63, 3.8) is 0 Å². The van der Waals surface area contributed by atoms with Gasteiger partial charge >= 0.3 is 0 Å². The molecule has 3 aliphatic heterocycles. The lowest BCUT2D eigenvalue weighted by molar-refractivity contribution is 0.714. The molecule has 14 heavy (non-hydrogen) atoms. The van der Waals surface area contributed by atoms with Crippen LogP contribution in [0.3, 0.4) is 0 Å². The Balaban J connectivity index is 2.23. The van der Waals surface area contributed by atoms with Gasteiger partial charge in [0.15, 0.2) is 0 Å². The number of hydrogen-bond donors (Lipinski definition) is 0. The van der Waals surface area contributed by atoms with Gasteiger partial charge in [-0.25, -0.2) is 19.9 Å². The number of hydrogen-bond acceptors (Lipinski definition) is 5. The average Bonchev–Trinajstić information content (AvgIpc) is 2.18. The summed E-state index contributed by atoms with van der Waals surface area (Å²) in [7, 11) is 0. The summed E-state index contributed by atoms with van der Waals surface area (Å²) in [6.45, 7) is 0. The van der Waals surface area contributed by atoms with Gasteiger partial charge in [0, 0.05) is 12.3 Å². The average molecular weight is 189 g/mol. The first-order valence-corrected chi connectivity index (χ1v) is 3.95. The molecule has 3 rings (SSSR count). The maximum Gasteiger partial charge on any atom is 0.241 e. The molecule has 0 spiro atoms. The highest BCUT2D eigenvalue weighted by molar-refractivity contribution is 6.15. The van der Waals surface area contributed by atoms with Gasteiger partial charge in [-0.2, -0.15) is 9.38 Å². The molecule has 0 N–H and O–H groups in total. The van der Waals surface area contributed by atoms with Gasteiger partial charge in [0.25, 0.3) is 0 Å². The van der Waals surface area contributed by atoms with E-state index in [-0.39, 0.29) is 5.96 Å². The lowest BCUT2D eigenvalue weighted by Crippen LogP contribution is -2.39. The number of rotatable bonds is 0. The van der Waals surface area contributed by atoms with E-state index >= 15 is 0 Å². The topological polar surface area (TPSA) is 52.7 Å². The quantitative estimate of drug-likeness (QED) is 0.557. The summed E-state index contributed by atoms with van der Waals surface area (Å²) in [5, 5.41) is 0. The summed E-state index contributed by atoms with van der Waals surface area (Å²) < 4.78 is 13.0. The molecule has 0 saturated heterocycles. The van der Waals surface area contributed by atoms with E-state index in [0.29, 0.717) is 11.7 Å². The van der Waals surface area contributed by atoms with Crippen LogP contribution in [0.2, 0.25) is 0 Å². The van der Waals surface area contributed by atoms with Crippen molar-refractivity contribution in [3.8, 4) is 0 Å². The molecular formula is C8H4FN5. The number of halogens is 1. The van der Waals surface area contributed by atoms with E-state index in [1.807, 2.05) is 0 Å². The van der Waals surface area contributed by atoms with Gasteiger partial charge in [-0.1, -0.05) is 0 Å². The molecular weight excluding hydrogens is 185 g/mol. The molecule has 5 nitrogen and oxygen atoms in total. The van der Waals surface area contributed by atoms with Crippen LogP contribution in [0.5, 0.6) is 0 Å². The van der Waals surface area contributed by atoms with Crippen LogP contribution in [0.15, 0.2) is 44.0 Å². The van der Waals surface area contributed by atoms with Gasteiger partial charge in [-0.05, 0) is 6.08 Å². The lowest BCUT2D eigenvalue weighted by atomic mass is 10.3. The monoisotopic (exact) mass is 189 g/mol. The van der Waals surface area contributed by atoms with Crippen LogP contribution in [0.1, 0.15) is 0 Å². The minimum absolute atomic E-state index is 0.262. The van der Waals surface area contributed by atoms with E-state index in [2.05, 4.69) is 20.0 Å². The van der Waals surface area contributed by atoms with E-state index in [1.165, 1.54) is 12.4 Å². The highest BCUT2D eigenvalue weighted by atomic mass is 19.1. The van der Waals surface area contributed by atoms with Gasteiger partial charge in [0.05, 0.1) is 5.70 Å². The molecule has 0 unspecified atom stereocenters. The Morgan fingerprint density at radius 2 is 2.14 bits per heavy atom. The molecule has 6 heteroatoms. The van der Waals surface area contributed by atoms with Crippen molar-refractivity contribution < 1.29 is 4.39 Å². The van der Waals surface area contributed by atoms with Gasteiger partial charge < -0.3 is 0 Å². The van der Waals surface area contributed by atoms with E-state index in [4.69, 9.17) is 0 Å². The molecule has 0 radical (unpaired) electrons. The molecule has 0 aliphatic carbocycles. The predicted molar refractivity (Wildman–Crippen MR) is 51.0 cm³/mol. The van der Waals surface area contributed by atoms with Crippen LogP contribution in [0.25, 0.3) is 0 Å². The second-order valence-corrected chi connectivity index (χ2v) is 2.76. The number of aliphatic imine (C=N–C) groups is 4. The van der Waals surface area contributed by atoms with Crippen molar-refractivity contribution in [2.75, 3.05) is 0 Å². The van der Waals surface area contributed by atoms with E-state index < -0.39 is 5.97 Å². The fraction of sp³-hybridized carbons (Fsp3) is 0. The summed E-state index contributed by atoms with van der Waals surface area (Å²) in [6, 6.07) is 0. The Morgan fingerprint density at radius 3 is 3.07 bits per heavy atom. The Kier molecular flexibility index (Phi) is 1.27.